The van der Waals surface area contributed by atoms with Crippen LogP contribution in [0.15, 0.2) is 53.1 Å². The highest BCUT2D eigenvalue weighted by molar-refractivity contribution is 6.31. The van der Waals surface area contributed by atoms with Gasteiger partial charge in [0.1, 0.15) is 11.4 Å². The molecule has 0 unspecified atom stereocenters. The molecule has 2 N–H and O–H groups in total. The lowest BCUT2D eigenvalue weighted by Crippen LogP contribution is -2.40. The van der Waals surface area contributed by atoms with Gasteiger partial charge in [0, 0.05) is 33.6 Å². The van der Waals surface area contributed by atoms with Crippen molar-refractivity contribution in [2.45, 2.75) is 50.4 Å². The predicted octanol–water partition coefficient (Wildman–Crippen LogP) is 6.13. The second kappa shape index (κ2) is 9.37. The molecule has 2 aromatic carbocycles. The van der Waals surface area contributed by atoms with Gasteiger partial charge in [-0.25, -0.2) is 4.98 Å². The van der Waals surface area contributed by atoms with E-state index >= 15 is 0 Å². The Bertz CT molecular complexity index is 1380. The Morgan fingerprint density at radius 3 is 2.54 bits per heavy atom. The molecule has 1 aliphatic carbocycles. The molecule has 2 heterocycles. The lowest BCUT2D eigenvalue weighted by Gasteiger charge is -2.30. The quantitative estimate of drug-likeness (QED) is 0.343. The van der Waals surface area contributed by atoms with E-state index in [1.807, 2.05) is 18.2 Å². The molecule has 5 rings (SSSR count). The van der Waals surface area contributed by atoms with Gasteiger partial charge in [-0.3, -0.25) is 4.79 Å². The average molecular weight is 503 g/mol. The topological polar surface area (TPSA) is 80.0 Å². The predicted molar refractivity (Wildman–Crippen MR) is 127 cm³/mol. The summed E-state index contributed by atoms with van der Waals surface area (Å²) in [4.78, 5) is 16.3. The first-order valence-corrected chi connectivity index (χ1v) is 11.7. The van der Waals surface area contributed by atoms with Gasteiger partial charge in [0.15, 0.2) is 5.58 Å². The van der Waals surface area contributed by atoms with Crippen LogP contribution in [0.2, 0.25) is 5.02 Å². The zero-order valence-electron chi connectivity index (χ0n) is 18.5. The van der Waals surface area contributed by atoms with Crippen LogP contribution < -0.4 is 10.6 Å². The average Bonchev–Trinajstić information content (AvgIpc) is 3.22. The van der Waals surface area contributed by atoms with E-state index in [0.717, 1.165) is 11.5 Å². The number of amides is 1. The van der Waals surface area contributed by atoms with Crippen LogP contribution in [0.25, 0.3) is 21.9 Å². The van der Waals surface area contributed by atoms with E-state index in [0.29, 0.717) is 53.1 Å². The second-order valence-corrected chi connectivity index (χ2v) is 9.21. The molecule has 0 aliphatic heterocycles. The summed E-state index contributed by atoms with van der Waals surface area (Å²) in [5.41, 5.74) is 0.872. The van der Waals surface area contributed by atoms with Gasteiger partial charge in [-0.1, -0.05) is 28.9 Å². The minimum Gasteiger partial charge on any atom is -0.382 e. The number of halogens is 4. The molecule has 4 aromatic rings. The van der Waals surface area contributed by atoms with Crippen LogP contribution in [-0.2, 0) is 17.4 Å². The Morgan fingerprint density at radius 1 is 1.03 bits per heavy atom. The molecular formula is C25H22ClF3N4O2. The van der Waals surface area contributed by atoms with E-state index < -0.39 is 11.9 Å². The van der Waals surface area contributed by atoms with Crippen molar-refractivity contribution in [2.24, 2.45) is 0 Å². The zero-order valence-corrected chi connectivity index (χ0v) is 19.3. The number of para-hydroxylation sites is 1. The number of aromatic nitrogens is 2. The fourth-order valence-corrected chi connectivity index (χ4v) is 4.73. The molecule has 6 nitrogen and oxygen atoms in total. The third-order valence-electron chi connectivity index (χ3n) is 6.29. The standard InChI is InChI=1S/C25H22ClF3N4O2/c26-14-5-10-19-18(11-14)20(12-23(32-19)25(27,28)29)30-15-6-8-16(9-7-15)31-24(34)13-21-17-3-1-2-4-22(17)35-33-21/h1-5,10-12,15-16H,6-9,13H2,(H,30,32)(H,31,34). The monoisotopic (exact) mass is 502 g/mol. The van der Waals surface area contributed by atoms with Crippen molar-refractivity contribution in [2.75, 3.05) is 5.32 Å². The molecule has 1 aliphatic rings. The Morgan fingerprint density at radius 2 is 1.77 bits per heavy atom. The number of alkyl halides is 3. The summed E-state index contributed by atoms with van der Waals surface area (Å²) in [6.07, 6.45) is -1.62. The maximum absolute atomic E-state index is 13.4. The van der Waals surface area contributed by atoms with Crippen LogP contribution in [0.5, 0.6) is 0 Å². The fraction of sp³-hybridized carbons (Fsp3) is 0.320. The van der Waals surface area contributed by atoms with Crippen molar-refractivity contribution in [3.8, 4) is 0 Å². The van der Waals surface area contributed by atoms with Gasteiger partial charge < -0.3 is 15.2 Å². The van der Waals surface area contributed by atoms with Crippen LogP contribution in [-0.4, -0.2) is 28.1 Å². The van der Waals surface area contributed by atoms with Crippen molar-refractivity contribution >= 4 is 45.1 Å². The number of hydrogen-bond donors (Lipinski definition) is 2. The van der Waals surface area contributed by atoms with Gasteiger partial charge in [0.2, 0.25) is 5.91 Å². The van der Waals surface area contributed by atoms with Crippen molar-refractivity contribution < 1.29 is 22.5 Å². The lowest BCUT2D eigenvalue weighted by atomic mass is 9.90. The number of anilines is 1. The first-order valence-electron chi connectivity index (χ1n) is 11.3. The molecule has 0 bridgehead atoms. The number of fused-ring (bicyclic) bond motifs is 2. The highest BCUT2D eigenvalue weighted by atomic mass is 35.5. The van der Waals surface area contributed by atoms with E-state index in [4.69, 9.17) is 16.1 Å². The van der Waals surface area contributed by atoms with Crippen LogP contribution in [0, 0.1) is 0 Å². The normalized spacial score (nSPS) is 18.6. The van der Waals surface area contributed by atoms with Crippen molar-refractivity contribution in [1.29, 1.82) is 0 Å². The number of rotatable bonds is 5. The maximum Gasteiger partial charge on any atom is 0.433 e. The number of carbonyl (C=O) groups is 1. The third-order valence-corrected chi connectivity index (χ3v) is 6.53. The summed E-state index contributed by atoms with van der Waals surface area (Å²) in [5.74, 6) is -0.134. The van der Waals surface area contributed by atoms with Crippen molar-refractivity contribution in [3.63, 3.8) is 0 Å². The molecule has 0 atom stereocenters. The summed E-state index contributed by atoms with van der Waals surface area (Å²) in [6.45, 7) is 0. The summed E-state index contributed by atoms with van der Waals surface area (Å²) in [5, 5.41) is 12.1. The molecule has 1 fully saturated rings. The van der Waals surface area contributed by atoms with E-state index in [9.17, 15) is 18.0 Å². The Hall–Kier alpha value is -3.33. The van der Waals surface area contributed by atoms with E-state index in [-0.39, 0.29) is 29.9 Å². The van der Waals surface area contributed by atoms with Crippen molar-refractivity contribution in [1.82, 2.24) is 15.5 Å². The number of carbonyl (C=O) groups excluding carboxylic acids is 1. The van der Waals surface area contributed by atoms with Crippen LogP contribution in [0.4, 0.5) is 18.9 Å². The van der Waals surface area contributed by atoms with Gasteiger partial charge in [-0.15, -0.1) is 0 Å². The highest BCUT2D eigenvalue weighted by Gasteiger charge is 2.34. The SMILES string of the molecule is O=C(Cc1noc2ccccc12)NC1CCC(Nc2cc(C(F)(F)F)nc3ccc(Cl)cc23)CC1. The van der Waals surface area contributed by atoms with Gasteiger partial charge in [-0.05, 0) is 62.1 Å². The minimum atomic E-state index is -4.55. The van der Waals surface area contributed by atoms with Gasteiger partial charge in [0.25, 0.3) is 0 Å². The number of hydrogen-bond acceptors (Lipinski definition) is 5. The van der Waals surface area contributed by atoms with E-state index in [1.165, 1.54) is 12.1 Å². The summed E-state index contributed by atoms with van der Waals surface area (Å²) < 4.78 is 45.4. The van der Waals surface area contributed by atoms with Crippen LogP contribution in [0.3, 0.4) is 0 Å². The van der Waals surface area contributed by atoms with Gasteiger partial charge in [0.05, 0.1) is 11.9 Å². The minimum absolute atomic E-state index is 0.00641. The smallest absolute Gasteiger partial charge is 0.382 e. The number of pyridine rings is 1. The number of nitrogens with zero attached hydrogens (tertiary/aromatic N) is 2. The van der Waals surface area contributed by atoms with E-state index in [1.54, 1.807) is 12.1 Å². The molecule has 35 heavy (non-hydrogen) atoms. The Balaban J connectivity index is 1.22. The largest absolute Gasteiger partial charge is 0.433 e. The maximum atomic E-state index is 13.4. The first kappa shape index (κ1) is 23.4. The first-order chi connectivity index (χ1) is 16.8. The van der Waals surface area contributed by atoms with Gasteiger partial charge >= 0.3 is 6.18 Å². The zero-order chi connectivity index (χ0) is 24.6. The fourth-order valence-electron chi connectivity index (χ4n) is 4.56. The molecular weight excluding hydrogens is 481 g/mol. The highest BCUT2D eigenvalue weighted by Crippen LogP contribution is 2.35. The summed E-state index contributed by atoms with van der Waals surface area (Å²) in [7, 11) is 0. The summed E-state index contributed by atoms with van der Waals surface area (Å²) in [6, 6.07) is 13.0. The molecule has 0 radical (unpaired) electrons. The molecule has 1 amide bonds. The Kier molecular flexibility index (Phi) is 6.27. The molecule has 10 heteroatoms. The van der Waals surface area contributed by atoms with Gasteiger partial charge in [-0.2, -0.15) is 13.2 Å². The molecule has 0 spiro atoms. The number of nitrogens with one attached hydrogen (secondary N) is 2. The van der Waals surface area contributed by atoms with Crippen molar-refractivity contribution in [3.05, 3.63) is 64.9 Å². The Labute approximate surface area is 203 Å². The second-order valence-electron chi connectivity index (χ2n) is 8.78. The lowest BCUT2D eigenvalue weighted by molar-refractivity contribution is -0.140. The molecule has 1 saturated carbocycles. The third kappa shape index (κ3) is 5.19. The molecule has 182 valence electrons. The van der Waals surface area contributed by atoms with E-state index in [2.05, 4.69) is 20.8 Å². The van der Waals surface area contributed by atoms with Crippen LogP contribution in [0.1, 0.15) is 37.1 Å². The summed E-state index contributed by atoms with van der Waals surface area (Å²) >= 11 is 6.09. The number of benzene rings is 2. The molecule has 2 aromatic heterocycles. The van der Waals surface area contributed by atoms with Crippen LogP contribution >= 0.6 is 11.6 Å². The molecule has 0 saturated heterocycles.